The number of rotatable bonds is 6. The zero-order valence-electron chi connectivity index (χ0n) is 12.6. The van der Waals surface area contributed by atoms with Gasteiger partial charge in [-0.1, -0.05) is 0 Å². The molecular formula is C14H16N2O6S. The van der Waals surface area contributed by atoms with Crippen molar-refractivity contribution in [1.82, 2.24) is 5.32 Å². The van der Waals surface area contributed by atoms with Crippen LogP contribution in [0.5, 0.6) is 5.75 Å². The number of carbonyl (C=O) groups excluding carboxylic acids is 1. The zero-order valence-corrected chi connectivity index (χ0v) is 13.4. The molecule has 0 saturated heterocycles. The Balaban J connectivity index is 2.22. The van der Waals surface area contributed by atoms with Crippen molar-refractivity contribution in [2.45, 2.75) is 23.8 Å². The fraction of sp³-hybridized carbons (Fsp3) is 0.429. The predicted molar refractivity (Wildman–Crippen MR) is 83.0 cm³/mol. The Kier molecular flexibility index (Phi) is 5.09. The molecule has 0 aliphatic heterocycles. The summed E-state index contributed by atoms with van der Waals surface area (Å²) in [7, 11) is 1.40. The molecule has 0 heterocycles. The van der Waals surface area contributed by atoms with E-state index >= 15 is 0 Å². The summed E-state index contributed by atoms with van der Waals surface area (Å²) >= 11 is 1.31. The third-order valence-electron chi connectivity index (χ3n) is 3.77. The standard InChI is InChI=1S/C14H16N2O6S/c1-22-11-6-10(16(20)21)9(5-12(11)23-2)13(17)15-8-3-7(4-8)14(18)19/h5-8H,3-4H2,1-2H3,(H,15,17)(H,18,19). The minimum atomic E-state index is -0.893. The lowest BCUT2D eigenvalue weighted by Crippen LogP contribution is -2.46. The molecule has 8 nitrogen and oxygen atoms in total. The van der Waals surface area contributed by atoms with Gasteiger partial charge in [-0.15, -0.1) is 11.8 Å². The molecule has 1 aromatic carbocycles. The number of nitro benzene ring substituents is 1. The first-order valence-corrected chi connectivity index (χ1v) is 8.04. The zero-order chi connectivity index (χ0) is 17.1. The van der Waals surface area contributed by atoms with Crippen molar-refractivity contribution in [1.29, 1.82) is 0 Å². The van der Waals surface area contributed by atoms with Gasteiger partial charge >= 0.3 is 5.97 Å². The monoisotopic (exact) mass is 340 g/mol. The van der Waals surface area contributed by atoms with E-state index in [0.717, 1.165) is 0 Å². The third-order valence-corrected chi connectivity index (χ3v) is 4.52. The predicted octanol–water partition coefficient (Wildman–Crippen LogP) is 1.92. The minimum Gasteiger partial charge on any atom is -0.495 e. The van der Waals surface area contributed by atoms with Gasteiger partial charge in [0.05, 0.1) is 28.9 Å². The summed E-state index contributed by atoms with van der Waals surface area (Å²) in [6, 6.07) is 2.37. The molecule has 1 aliphatic rings. The van der Waals surface area contributed by atoms with E-state index in [0.29, 0.717) is 23.5 Å². The van der Waals surface area contributed by atoms with Crippen LogP contribution in [-0.2, 0) is 4.79 Å². The van der Waals surface area contributed by atoms with Crippen molar-refractivity contribution >= 4 is 29.3 Å². The van der Waals surface area contributed by atoms with Crippen molar-refractivity contribution in [3.05, 3.63) is 27.8 Å². The molecular weight excluding hydrogens is 324 g/mol. The van der Waals surface area contributed by atoms with Gasteiger partial charge in [-0.25, -0.2) is 0 Å². The average Bonchev–Trinajstić information content (AvgIpc) is 2.48. The lowest BCUT2D eigenvalue weighted by atomic mass is 9.80. The number of amides is 1. The van der Waals surface area contributed by atoms with Crippen LogP contribution in [0.25, 0.3) is 0 Å². The SMILES string of the molecule is COc1cc([N+](=O)[O-])c(C(=O)NC2CC(C(=O)O)C2)cc1SC. The number of carbonyl (C=O) groups is 2. The van der Waals surface area contributed by atoms with Gasteiger partial charge < -0.3 is 15.2 Å². The van der Waals surface area contributed by atoms with Gasteiger partial charge in [0.25, 0.3) is 11.6 Å². The number of ether oxygens (including phenoxy) is 1. The summed E-state index contributed by atoms with van der Waals surface area (Å²) < 4.78 is 5.09. The summed E-state index contributed by atoms with van der Waals surface area (Å²) in [5.74, 6) is -1.61. The Morgan fingerprint density at radius 3 is 2.57 bits per heavy atom. The van der Waals surface area contributed by atoms with Crippen LogP contribution in [0.4, 0.5) is 5.69 Å². The second-order valence-corrected chi connectivity index (χ2v) is 6.01. The number of hydrogen-bond donors (Lipinski definition) is 2. The highest BCUT2D eigenvalue weighted by Crippen LogP contribution is 2.35. The molecule has 0 bridgehead atoms. The largest absolute Gasteiger partial charge is 0.495 e. The van der Waals surface area contributed by atoms with Gasteiger partial charge in [0.15, 0.2) is 0 Å². The number of benzene rings is 1. The van der Waals surface area contributed by atoms with E-state index in [9.17, 15) is 19.7 Å². The second-order valence-electron chi connectivity index (χ2n) is 5.16. The van der Waals surface area contributed by atoms with E-state index < -0.39 is 22.7 Å². The van der Waals surface area contributed by atoms with Crippen LogP contribution in [0, 0.1) is 16.0 Å². The maximum absolute atomic E-state index is 12.3. The summed E-state index contributed by atoms with van der Waals surface area (Å²) in [6.07, 6.45) is 2.44. The summed E-state index contributed by atoms with van der Waals surface area (Å²) in [4.78, 5) is 34.2. The smallest absolute Gasteiger partial charge is 0.306 e. The first-order valence-electron chi connectivity index (χ1n) is 6.81. The van der Waals surface area contributed by atoms with Crippen molar-refractivity contribution in [3.63, 3.8) is 0 Å². The number of nitro groups is 1. The van der Waals surface area contributed by atoms with E-state index in [-0.39, 0.29) is 17.3 Å². The Labute approximate surface area is 136 Å². The lowest BCUT2D eigenvalue weighted by molar-refractivity contribution is -0.385. The highest BCUT2D eigenvalue weighted by molar-refractivity contribution is 7.98. The lowest BCUT2D eigenvalue weighted by Gasteiger charge is -2.32. The second kappa shape index (κ2) is 6.86. The van der Waals surface area contributed by atoms with Crippen LogP contribution in [0.3, 0.4) is 0 Å². The maximum Gasteiger partial charge on any atom is 0.306 e. The van der Waals surface area contributed by atoms with E-state index in [1.54, 1.807) is 6.26 Å². The van der Waals surface area contributed by atoms with Gasteiger partial charge in [-0.05, 0) is 25.2 Å². The van der Waals surface area contributed by atoms with Crippen LogP contribution in [0.15, 0.2) is 17.0 Å². The van der Waals surface area contributed by atoms with Gasteiger partial charge in [-0.3, -0.25) is 19.7 Å². The van der Waals surface area contributed by atoms with E-state index in [1.807, 2.05) is 0 Å². The quantitative estimate of drug-likeness (QED) is 0.461. The Bertz CT molecular complexity index is 657. The third kappa shape index (κ3) is 3.55. The number of nitrogens with one attached hydrogen (secondary N) is 1. The highest BCUT2D eigenvalue weighted by Gasteiger charge is 2.36. The molecule has 0 spiro atoms. The fourth-order valence-electron chi connectivity index (χ4n) is 2.40. The Morgan fingerprint density at radius 2 is 2.09 bits per heavy atom. The Hall–Kier alpha value is -2.29. The van der Waals surface area contributed by atoms with Crippen LogP contribution in [0.2, 0.25) is 0 Å². The molecule has 124 valence electrons. The summed E-state index contributed by atoms with van der Waals surface area (Å²) in [5, 5.41) is 22.7. The van der Waals surface area contributed by atoms with Crippen LogP contribution in [-0.4, -0.2) is 41.3 Å². The maximum atomic E-state index is 12.3. The van der Waals surface area contributed by atoms with Crippen molar-refractivity contribution in [2.75, 3.05) is 13.4 Å². The summed E-state index contributed by atoms with van der Waals surface area (Å²) in [6.45, 7) is 0. The van der Waals surface area contributed by atoms with E-state index in [4.69, 9.17) is 9.84 Å². The molecule has 0 aromatic heterocycles. The molecule has 9 heteroatoms. The van der Waals surface area contributed by atoms with E-state index in [1.165, 1.54) is 31.0 Å². The average molecular weight is 340 g/mol. The van der Waals surface area contributed by atoms with E-state index in [2.05, 4.69) is 5.32 Å². The van der Waals surface area contributed by atoms with Crippen LogP contribution < -0.4 is 10.1 Å². The number of thioether (sulfide) groups is 1. The number of carboxylic acid groups (broad SMARTS) is 1. The van der Waals surface area contributed by atoms with Crippen LogP contribution in [0.1, 0.15) is 23.2 Å². The van der Waals surface area contributed by atoms with Gasteiger partial charge in [0.2, 0.25) is 0 Å². The molecule has 1 aliphatic carbocycles. The molecule has 0 atom stereocenters. The first-order chi connectivity index (χ1) is 10.9. The molecule has 0 radical (unpaired) electrons. The van der Waals surface area contributed by atoms with Crippen molar-refractivity contribution < 1.29 is 24.4 Å². The van der Waals surface area contributed by atoms with Gasteiger partial charge in [0, 0.05) is 6.04 Å². The van der Waals surface area contributed by atoms with Crippen molar-refractivity contribution in [2.24, 2.45) is 5.92 Å². The molecule has 1 amide bonds. The molecule has 2 rings (SSSR count). The Morgan fingerprint density at radius 1 is 1.43 bits per heavy atom. The number of hydrogen-bond acceptors (Lipinski definition) is 6. The number of nitrogens with zero attached hydrogens (tertiary/aromatic N) is 1. The van der Waals surface area contributed by atoms with Gasteiger partial charge in [-0.2, -0.15) is 0 Å². The number of methoxy groups -OCH3 is 1. The van der Waals surface area contributed by atoms with Crippen molar-refractivity contribution in [3.8, 4) is 5.75 Å². The van der Waals surface area contributed by atoms with Gasteiger partial charge in [0.1, 0.15) is 11.3 Å². The topological polar surface area (TPSA) is 119 Å². The minimum absolute atomic E-state index is 0.0566. The molecule has 23 heavy (non-hydrogen) atoms. The molecule has 1 aromatic rings. The number of aliphatic carboxylic acids is 1. The molecule has 2 N–H and O–H groups in total. The normalized spacial score (nSPS) is 19.6. The fourth-order valence-corrected chi connectivity index (χ4v) is 2.98. The number of carboxylic acids is 1. The molecule has 0 unspecified atom stereocenters. The first kappa shape index (κ1) is 17.1. The van der Waals surface area contributed by atoms with Crippen LogP contribution >= 0.6 is 11.8 Å². The highest BCUT2D eigenvalue weighted by atomic mass is 32.2. The molecule has 1 saturated carbocycles. The summed E-state index contributed by atoms with van der Waals surface area (Å²) in [5.41, 5.74) is -0.398. The molecule has 1 fully saturated rings.